The number of hydrogen-bond donors (Lipinski definition) is 1. The van der Waals surface area contributed by atoms with Gasteiger partial charge in [-0.05, 0) is 29.5 Å². The highest BCUT2D eigenvalue weighted by molar-refractivity contribution is 5.18. The molecule has 0 aliphatic carbocycles. The van der Waals surface area contributed by atoms with Crippen LogP contribution >= 0.6 is 0 Å². The Kier molecular flexibility index (Phi) is 5.58. The molecule has 0 amide bonds. The highest BCUT2D eigenvalue weighted by Gasteiger charge is 2.33. The summed E-state index contributed by atoms with van der Waals surface area (Å²) in [7, 11) is 0. The van der Waals surface area contributed by atoms with Crippen LogP contribution in [0.3, 0.4) is 0 Å². The van der Waals surface area contributed by atoms with Gasteiger partial charge in [0.2, 0.25) is 0 Å². The van der Waals surface area contributed by atoms with Gasteiger partial charge in [0.25, 0.3) is 0 Å². The van der Waals surface area contributed by atoms with E-state index in [2.05, 4.69) is 9.80 Å². The van der Waals surface area contributed by atoms with Gasteiger partial charge in [0.05, 0.1) is 13.2 Å². The number of nitrogens with zero attached hydrogens (tertiary/aromatic N) is 2. The first-order chi connectivity index (χ1) is 11.1. The summed E-state index contributed by atoms with van der Waals surface area (Å²) in [6.07, 6.45) is 0. The maximum Gasteiger partial charge on any atom is 0.126 e. The van der Waals surface area contributed by atoms with Crippen molar-refractivity contribution in [3.63, 3.8) is 0 Å². The van der Waals surface area contributed by atoms with Crippen LogP contribution in [-0.4, -0.2) is 67.5 Å². The van der Waals surface area contributed by atoms with Gasteiger partial charge in [0.1, 0.15) is 11.6 Å². The van der Waals surface area contributed by atoms with E-state index in [0.29, 0.717) is 18.0 Å². The summed E-state index contributed by atoms with van der Waals surface area (Å²) in [5.41, 5.74) is 0.645. The number of halogens is 2. The normalized spacial score (nSPS) is 26.7. The van der Waals surface area contributed by atoms with Crippen molar-refractivity contribution in [2.24, 2.45) is 11.8 Å². The summed E-state index contributed by atoms with van der Waals surface area (Å²) in [4.78, 5) is 4.56. The molecule has 0 saturated carbocycles. The zero-order chi connectivity index (χ0) is 16.2. The molecule has 4 nitrogen and oxygen atoms in total. The summed E-state index contributed by atoms with van der Waals surface area (Å²) in [6.45, 7) is 6.64. The molecule has 0 spiro atoms. The van der Waals surface area contributed by atoms with Crippen molar-refractivity contribution in [3.05, 3.63) is 35.4 Å². The van der Waals surface area contributed by atoms with E-state index in [9.17, 15) is 13.9 Å². The zero-order valence-electron chi connectivity index (χ0n) is 13.3. The van der Waals surface area contributed by atoms with E-state index >= 15 is 0 Å². The number of benzene rings is 1. The maximum atomic E-state index is 13.3. The molecule has 1 aromatic carbocycles. The molecule has 1 aromatic rings. The average molecular weight is 326 g/mol. The van der Waals surface area contributed by atoms with Crippen LogP contribution < -0.4 is 0 Å². The van der Waals surface area contributed by atoms with Crippen LogP contribution in [0.1, 0.15) is 5.56 Å². The van der Waals surface area contributed by atoms with E-state index in [0.717, 1.165) is 52.0 Å². The highest BCUT2D eigenvalue weighted by Crippen LogP contribution is 2.26. The quantitative estimate of drug-likeness (QED) is 0.886. The third-order valence-corrected chi connectivity index (χ3v) is 4.81. The third kappa shape index (κ3) is 4.47. The summed E-state index contributed by atoms with van der Waals surface area (Å²) < 4.78 is 32.0. The number of likely N-dealkylation sites (tertiary alicyclic amines) is 1. The minimum Gasteiger partial charge on any atom is -0.396 e. The molecule has 0 unspecified atom stereocenters. The van der Waals surface area contributed by atoms with Crippen LogP contribution in [0, 0.1) is 23.5 Å². The standard InChI is InChI=1S/C17H24F2N2O2/c18-16-5-13(6-17(19)7-16)8-21-10-14(15(11-21)12-22)9-20-1-3-23-4-2-20/h5-7,14-15,22H,1-4,8-12H2/t14-,15-/m0/s1. The summed E-state index contributed by atoms with van der Waals surface area (Å²) in [5, 5.41) is 9.65. The van der Waals surface area contributed by atoms with Crippen molar-refractivity contribution in [1.29, 1.82) is 0 Å². The fraction of sp³-hybridized carbons (Fsp3) is 0.647. The Morgan fingerprint density at radius 2 is 1.65 bits per heavy atom. The van der Waals surface area contributed by atoms with Gasteiger partial charge in [0, 0.05) is 51.9 Å². The van der Waals surface area contributed by atoms with Crippen molar-refractivity contribution in [3.8, 4) is 0 Å². The first kappa shape index (κ1) is 16.8. The predicted molar refractivity (Wildman–Crippen MR) is 83.0 cm³/mol. The smallest absolute Gasteiger partial charge is 0.126 e. The first-order valence-electron chi connectivity index (χ1n) is 8.22. The second-order valence-electron chi connectivity index (χ2n) is 6.59. The third-order valence-electron chi connectivity index (χ3n) is 4.81. The van der Waals surface area contributed by atoms with Crippen LogP contribution in [0.2, 0.25) is 0 Å². The summed E-state index contributed by atoms with van der Waals surface area (Å²) in [5.74, 6) is -0.474. The monoisotopic (exact) mass is 326 g/mol. The van der Waals surface area contributed by atoms with Crippen LogP contribution in [0.25, 0.3) is 0 Å². The van der Waals surface area contributed by atoms with Gasteiger partial charge in [0.15, 0.2) is 0 Å². The number of aliphatic hydroxyl groups excluding tert-OH is 1. The van der Waals surface area contributed by atoms with Crippen LogP contribution in [0.4, 0.5) is 8.78 Å². The first-order valence-corrected chi connectivity index (χ1v) is 8.22. The fourth-order valence-electron chi connectivity index (χ4n) is 3.65. The van der Waals surface area contributed by atoms with Crippen molar-refractivity contribution in [1.82, 2.24) is 9.80 Å². The van der Waals surface area contributed by atoms with E-state index in [4.69, 9.17) is 4.74 Å². The van der Waals surface area contributed by atoms with Gasteiger partial charge in [-0.1, -0.05) is 0 Å². The molecule has 2 saturated heterocycles. The van der Waals surface area contributed by atoms with Gasteiger partial charge in [-0.25, -0.2) is 8.78 Å². The molecule has 2 atom stereocenters. The molecule has 6 heteroatoms. The minimum absolute atomic E-state index is 0.156. The molecule has 3 rings (SSSR count). The Morgan fingerprint density at radius 3 is 2.30 bits per heavy atom. The highest BCUT2D eigenvalue weighted by atomic mass is 19.1. The molecule has 1 N–H and O–H groups in total. The second kappa shape index (κ2) is 7.66. The van der Waals surface area contributed by atoms with Crippen molar-refractivity contribution in [2.75, 3.05) is 52.5 Å². The van der Waals surface area contributed by atoms with Gasteiger partial charge in [-0.2, -0.15) is 0 Å². The molecule has 0 bridgehead atoms. The Morgan fingerprint density at radius 1 is 1.00 bits per heavy atom. The largest absolute Gasteiger partial charge is 0.396 e. The van der Waals surface area contributed by atoms with Gasteiger partial charge in [-0.15, -0.1) is 0 Å². The molecule has 2 aliphatic rings. The molecule has 2 fully saturated rings. The fourth-order valence-corrected chi connectivity index (χ4v) is 3.65. The number of hydrogen-bond acceptors (Lipinski definition) is 4. The molecule has 0 radical (unpaired) electrons. The van der Waals surface area contributed by atoms with Crippen molar-refractivity contribution in [2.45, 2.75) is 6.54 Å². The number of morpholine rings is 1. The SMILES string of the molecule is OC[C@@H]1CN(Cc2cc(F)cc(F)c2)C[C@@H]1CN1CCOCC1. The lowest BCUT2D eigenvalue weighted by Crippen LogP contribution is -2.41. The number of ether oxygens (including phenoxy) is 1. The molecular weight excluding hydrogens is 302 g/mol. The Labute approximate surface area is 135 Å². The summed E-state index contributed by atoms with van der Waals surface area (Å²) >= 11 is 0. The average Bonchev–Trinajstić information content (AvgIpc) is 2.88. The minimum atomic E-state index is -0.539. The van der Waals surface area contributed by atoms with Crippen molar-refractivity contribution < 1.29 is 18.6 Å². The van der Waals surface area contributed by atoms with E-state index < -0.39 is 11.6 Å². The van der Waals surface area contributed by atoms with Crippen LogP contribution in [0.15, 0.2) is 18.2 Å². The summed E-state index contributed by atoms with van der Waals surface area (Å²) in [6, 6.07) is 3.66. The molecule has 23 heavy (non-hydrogen) atoms. The molecule has 0 aromatic heterocycles. The maximum absolute atomic E-state index is 13.3. The number of rotatable bonds is 5. The number of aliphatic hydroxyl groups is 1. The Hall–Kier alpha value is -1.08. The lowest BCUT2D eigenvalue weighted by molar-refractivity contribution is 0.0264. The predicted octanol–water partition coefficient (Wildman–Crippen LogP) is 1.34. The lowest BCUT2D eigenvalue weighted by atomic mass is 9.96. The zero-order valence-corrected chi connectivity index (χ0v) is 13.3. The molecule has 2 aliphatic heterocycles. The van der Waals surface area contributed by atoms with Gasteiger partial charge < -0.3 is 9.84 Å². The Balaban J connectivity index is 1.59. The molecule has 2 heterocycles. The molecule has 128 valence electrons. The van der Waals surface area contributed by atoms with Crippen LogP contribution in [-0.2, 0) is 11.3 Å². The topological polar surface area (TPSA) is 35.9 Å². The van der Waals surface area contributed by atoms with Crippen LogP contribution in [0.5, 0.6) is 0 Å². The van der Waals surface area contributed by atoms with E-state index in [1.54, 1.807) is 0 Å². The Bertz CT molecular complexity index is 503. The van der Waals surface area contributed by atoms with Crippen molar-refractivity contribution >= 4 is 0 Å². The van der Waals surface area contributed by atoms with E-state index in [-0.39, 0.29) is 12.5 Å². The lowest BCUT2D eigenvalue weighted by Gasteiger charge is -2.30. The van der Waals surface area contributed by atoms with Gasteiger partial charge in [-0.3, -0.25) is 9.80 Å². The van der Waals surface area contributed by atoms with Gasteiger partial charge >= 0.3 is 0 Å². The second-order valence-corrected chi connectivity index (χ2v) is 6.59. The van der Waals surface area contributed by atoms with E-state index in [1.165, 1.54) is 12.1 Å². The van der Waals surface area contributed by atoms with E-state index in [1.807, 2.05) is 0 Å². The molecular formula is C17H24F2N2O2.